The highest BCUT2D eigenvalue weighted by molar-refractivity contribution is 6.04. The van der Waals surface area contributed by atoms with Crippen LogP contribution in [-0.4, -0.2) is 22.0 Å². The van der Waals surface area contributed by atoms with Crippen LogP contribution in [-0.2, 0) is 11.2 Å². The molecule has 0 bridgehead atoms. The Bertz CT molecular complexity index is 1210. The lowest BCUT2D eigenvalue weighted by Gasteiger charge is -2.09. The maximum Gasteiger partial charge on any atom is 0.236 e. The van der Waals surface area contributed by atoms with Crippen LogP contribution in [0.15, 0.2) is 71.9 Å². The molecule has 0 saturated heterocycles. The van der Waals surface area contributed by atoms with Crippen LogP contribution in [0.2, 0.25) is 0 Å². The van der Waals surface area contributed by atoms with Crippen LogP contribution in [0.1, 0.15) is 22.9 Å². The third-order valence-corrected chi connectivity index (χ3v) is 5.32. The number of benzene rings is 2. The number of nitrogens with zero attached hydrogens (tertiary/aromatic N) is 3. The molecule has 0 unspecified atom stereocenters. The lowest BCUT2D eigenvalue weighted by Crippen LogP contribution is -2.14. The Hall–Kier alpha value is -3.27. The largest absolute Gasteiger partial charge is 0.470 e. The van der Waals surface area contributed by atoms with Gasteiger partial charge in [-0.05, 0) is 23.3 Å². The SMILES string of the molecule is c1ccc2c(c1)C[C@@H]1OC(c3ccc4ccc5cccnc5c4n3)=N[C@H]21. The quantitative estimate of drug-likeness (QED) is 0.489. The summed E-state index contributed by atoms with van der Waals surface area (Å²) in [7, 11) is 0. The fourth-order valence-corrected chi connectivity index (χ4v) is 4.07. The van der Waals surface area contributed by atoms with Crippen LogP contribution in [0.4, 0.5) is 0 Å². The predicted molar refractivity (Wildman–Crippen MR) is 101 cm³/mol. The van der Waals surface area contributed by atoms with E-state index in [4.69, 9.17) is 14.7 Å². The standard InChI is InChI=1S/C22H15N3O/c1-2-6-16-15(4-1)12-18-21(16)25-22(26-18)17-10-9-14-8-7-13-5-3-11-23-19(13)20(14)24-17/h1-11,18,21H,12H2/t18-,21+/m0/s1. The van der Waals surface area contributed by atoms with Crippen LogP contribution >= 0.6 is 0 Å². The van der Waals surface area contributed by atoms with Gasteiger partial charge in [0.2, 0.25) is 5.90 Å². The van der Waals surface area contributed by atoms with Gasteiger partial charge in [-0.1, -0.05) is 48.5 Å². The molecule has 4 aromatic rings. The zero-order valence-corrected chi connectivity index (χ0v) is 14.0. The highest BCUT2D eigenvalue weighted by Gasteiger charge is 2.39. The second kappa shape index (κ2) is 5.11. The molecule has 1 aliphatic carbocycles. The minimum absolute atomic E-state index is 0.0874. The molecule has 1 aliphatic heterocycles. The first-order chi connectivity index (χ1) is 12.9. The number of fused-ring (bicyclic) bond motifs is 6. The fraction of sp³-hybridized carbons (Fsp3) is 0.136. The lowest BCUT2D eigenvalue weighted by atomic mass is 10.1. The second-order valence-corrected chi connectivity index (χ2v) is 6.85. The topological polar surface area (TPSA) is 47.4 Å². The molecule has 0 fully saturated rings. The zero-order chi connectivity index (χ0) is 17.1. The number of rotatable bonds is 1. The summed E-state index contributed by atoms with van der Waals surface area (Å²) in [4.78, 5) is 14.2. The summed E-state index contributed by atoms with van der Waals surface area (Å²) in [6.07, 6.45) is 2.80. The maximum absolute atomic E-state index is 6.18. The molecule has 0 N–H and O–H groups in total. The molecule has 0 saturated carbocycles. The Labute approximate surface area is 150 Å². The molecular formula is C22H15N3O. The number of ether oxygens (including phenoxy) is 1. The summed E-state index contributed by atoms with van der Waals surface area (Å²) < 4.78 is 6.18. The van der Waals surface area contributed by atoms with Crippen molar-refractivity contribution < 1.29 is 4.74 Å². The van der Waals surface area contributed by atoms with Crippen molar-refractivity contribution in [2.75, 3.05) is 0 Å². The van der Waals surface area contributed by atoms with Crippen molar-refractivity contribution in [3.8, 4) is 0 Å². The average Bonchev–Trinajstić information content (AvgIpc) is 3.25. The van der Waals surface area contributed by atoms with E-state index in [1.54, 1.807) is 6.20 Å². The zero-order valence-electron chi connectivity index (χ0n) is 14.0. The molecule has 6 rings (SSSR count). The summed E-state index contributed by atoms with van der Waals surface area (Å²) in [6.45, 7) is 0. The highest BCUT2D eigenvalue weighted by Crippen LogP contribution is 2.40. The van der Waals surface area contributed by atoms with Crippen molar-refractivity contribution in [2.24, 2.45) is 4.99 Å². The van der Waals surface area contributed by atoms with Gasteiger partial charge in [0.05, 0.1) is 11.0 Å². The van der Waals surface area contributed by atoms with Gasteiger partial charge >= 0.3 is 0 Å². The molecular weight excluding hydrogens is 322 g/mol. The van der Waals surface area contributed by atoms with Gasteiger partial charge in [-0.25, -0.2) is 9.98 Å². The monoisotopic (exact) mass is 337 g/mol. The number of aliphatic imine (C=N–C) groups is 1. The predicted octanol–water partition coefficient (Wildman–Crippen LogP) is 4.23. The first-order valence-corrected chi connectivity index (χ1v) is 8.84. The number of hydrogen-bond acceptors (Lipinski definition) is 4. The number of hydrogen-bond donors (Lipinski definition) is 0. The van der Waals surface area contributed by atoms with Gasteiger partial charge in [0.15, 0.2) is 0 Å². The Balaban J connectivity index is 1.48. The Morgan fingerprint density at radius 2 is 1.69 bits per heavy atom. The Morgan fingerprint density at radius 3 is 2.65 bits per heavy atom. The first kappa shape index (κ1) is 14.0. The highest BCUT2D eigenvalue weighted by atomic mass is 16.5. The van der Waals surface area contributed by atoms with Crippen molar-refractivity contribution in [1.82, 2.24) is 9.97 Å². The Morgan fingerprint density at radius 1 is 0.846 bits per heavy atom. The molecule has 2 aliphatic rings. The minimum Gasteiger partial charge on any atom is -0.470 e. The summed E-state index contributed by atoms with van der Waals surface area (Å²) in [5, 5.41) is 2.16. The van der Waals surface area contributed by atoms with E-state index >= 15 is 0 Å². The third kappa shape index (κ3) is 1.93. The third-order valence-electron chi connectivity index (χ3n) is 5.32. The van der Waals surface area contributed by atoms with E-state index in [9.17, 15) is 0 Å². The molecule has 4 heteroatoms. The van der Waals surface area contributed by atoms with Gasteiger partial charge in [-0.15, -0.1) is 0 Å². The normalized spacial score (nSPS) is 20.7. The molecule has 124 valence electrons. The van der Waals surface area contributed by atoms with Crippen LogP contribution in [0, 0.1) is 0 Å². The van der Waals surface area contributed by atoms with Gasteiger partial charge in [0.1, 0.15) is 17.8 Å². The molecule has 0 spiro atoms. The van der Waals surface area contributed by atoms with Gasteiger partial charge in [0, 0.05) is 23.4 Å². The van der Waals surface area contributed by atoms with E-state index in [1.165, 1.54) is 11.1 Å². The molecule has 2 aromatic heterocycles. The van der Waals surface area contributed by atoms with E-state index in [2.05, 4.69) is 53.5 Å². The van der Waals surface area contributed by atoms with E-state index < -0.39 is 0 Å². The van der Waals surface area contributed by atoms with Crippen LogP contribution in [0.25, 0.3) is 21.8 Å². The molecule has 4 nitrogen and oxygen atoms in total. The van der Waals surface area contributed by atoms with Gasteiger partial charge in [-0.2, -0.15) is 0 Å². The molecule has 0 radical (unpaired) electrons. The number of pyridine rings is 2. The van der Waals surface area contributed by atoms with E-state index in [-0.39, 0.29) is 12.1 Å². The van der Waals surface area contributed by atoms with Crippen molar-refractivity contribution in [3.63, 3.8) is 0 Å². The van der Waals surface area contributed by atoms with Crippen molar-refractivity contribution >= 4 is 27.7 Å². The summed E-state index contributed by atoms with van der Waals surface area (Å²) in [5.74, 6) is 0.643. The molecule has 0 amide bonds. The van der Waals surface area contributed by atoms with Gasteiger partial charge in [-0.3, -0.25) is 4.98 Å². The van der Waals surface area contributed by atoms with Gasteiger partial charge in [0.25, 0.3) is 0 Å². The maximum atomic E-state index is 6.18. The smallest absolute Gasteiger partial charge is 0.236 e. The van der Waals surface area contributed by atoms with Crippen molar-refractivity contribution in [2.45, 2.75) is 18.6 Å². The first-order valence-electron chi connectivity index (χ1n) is 8.84. The molecule has 26 heavy (non-hydrogen) atoms. The van der Waals surface area contributed by atoms with E-state index in [0.29, 0.717) is 5.90 Å². The second-order valence-electron chi connectivity index (χ2n) is 6.85. The Kier molecular flexibility index (Phi) is 2.75. The fourth-order valence-electron chi connectivity index (χ4n) is 4.07. The van der Waals surface area contributed by atoms with E-state index in [0.717, 1.165) is 33.9 Å². The summed E-state index contributed by atoms with van der Waals surface area (Å²) in [6, 6.07) is 20.8. The average molecular weight is 337 g/mol. The van der Waals surface area contributed by atoms with Crippen LogP contribution in [0.3, 0.4) is 0 Å². The van der Waals surface area contributed by atoms with Crippen LogP contribution in [0.5, 0.6) is 0 Å². The molecule has 2 aromatic carbocycles. The minimum atomic E-state index is 0.0874. The van der Waals surface area contributed by atoms with Gasteiger partial charge < -0.3 is 4.74 Å². The summed E-state index contributed by atoms with van der Waals surface area (Å²) >= 11 is 0. The van der Waals surface area contributed by atoms with Crippen molar-refractivity contribution in [3.05, 3.63) is 83.7 Å². The van der Waals surface area contributed by atoms with E-state index in [1.807, 2.05) is 12.1 Å². The summed E-state index contributed by atoms with van der Waals surface area (Å²) in [5.41, 5.74) is 5.20. The van der Waals surface area contributed by atoms with Crippen LogP contribution < -0.4 is 0 Å². The number of aromatic nitrogens is 2. The molecule has 3 heterocycles. The van der Waals surface area contributed by atoms with Crippen molar-refractivity contribution in [1.29, 1.82) is 0 Å². The lowest BCUT2D eigenvalue weighted by molar-refractivity contribution is 0.206. The molecule has 2 atom stereocenters.